The summed E-state index contributed by atoms with van der Waals surface area (Å²) in [6, 6.07) is 20.8. The molecule has 0 amide bonds. The molecule has 4 atom stereocenters. The van der Waals surface area contributed by atoms with Crippen molar-refractivity contribution in [3.8, 4) is 17.2 Å². The van der Waals surface area contributed by atoms with E-state index in [-0.39, 0.29) is 5.92 Å². The lowest BCUT2D eigenvalue weighted by Gasteiger charge is -2.37. The highest BCUT2D eigenvalue weighted by molar-refractivity contribution is 5.64. The molecule has 1 nitrogen and oxygen atoms in total. The Morgan fingerprint density at radius 2 is 1.61 bits per heavy atom. The van der Waals surface area contributed by atoms with Crippen molar-refractivity contribution in [2.75, 3.05) is 0 Å². The van der Waals surface area contributed by atoms with Gasteiger partial charge in [0.15, 0.2) is 0 Å². The zero-order valence-corrected chi connectivity index (χ0v) is 17.8. The lowest BCUT2D eigenvalue weighted by atomic mass is 9.66. The first kappa shape index (κ1) is 20.7. The van der Waals surface area contributed by atoms with Crippen molar-refractivity contribution in [3.63, 3.8) is 0 Å². The van der Waals surface area contributed by atoms with Crippen LogP contribution in [0.2, 0.25) is 0 Å². The van der Waals surface area contributed by atoms with Gasteiger partial charge in [-0.25, -0.2) is 0 Å². The number of rotatable bonds is 7. The molecule has 1 saturated carbocycles. The molecule has 4 unspecified atom stereocenters. The van der Waals surface area contributed by atoms with Gasteiger partial charge >= 0.3 is 0 Å². The molecule has 0 aliphatic heterocycles. The van der Waals surface area contributed by atoms with E-state index in [1.54, 1.807) is 0 Å². The molecule has 0 aromatic heterocycles. The Morgan fingerprint density at radius 3 is 2.21 bits per heavy atom. The van der Waals surface area contributed by atoms with Gasteiger partial charge in [0, 0.05) is 5.92 Å². The van der Waals surface area contributed by atoms with E-state index >= 15 is 0 Å². The third kappa shape index (κ3) is 4.85. The predicted octanol–water partition coefficient (Wildman–Crippen LogP) is 7.77. The van der Waals surface area contributed by atoms with Crippen molar-refractivity contribution < 1.29 is 0 Å². The first-order valence-corrected chi connectivity index (χ1v) is 11.2. The topological polar surface area (TPSA) is 23.8 Å². The molecule has 0 bridgehead atoms. The third-order valence-electron chi connectivity index (χ3n) is 6.83. The molecular formula is C27H35N. The molecule has 1 aliphatic rings. The van der Waals surface area contributed by atoms with Crippen LogP contribution in [0.3, 0.4) is 0 Å². The maximum absolute atomic E-state index is 9.61. The van der Waals surface area contributed by atoms with Crippen LogP contribution in [0.4, 0.5) is 0 Å². The molecule has 1 aliphatic carbocycles. The summed E-state index contributed by atoms with van der Waals surface area (Å²) in [5.41, 5.74) is 5.39. The Balaban J connectivity index is 1.70. The summed E-state index contributed by atoms with van der Waals surface area (Å²) in [5.74, 6) is 1.76. The molecule has 2 aromatic carbocycles. The predicted molar refractivity (Wildman–Crippen MR) is 119 cm³/mol. The minimum atomic E-state index is 0.207. The summed E-state index contributed by atoms with van der Waals surface area (Å²) in [6.45, 7) is 6.90. The number of hydrogen-bond acceptors (Lipinski definition) is 1. The zero-order valence-electron chi connectivity index (χ0n) is 17.8. The lowest BCUT2D eigenvalue weighted by Crippen LogP contribution is -2.30. The minimum Gasteiger partial charge on any atom is -0.198 e. The standard InChI is InChI=1S/C27H35N/c1-4-5-6-9-22-11-13-24(14-12-22)25-17-15-23(16-18-25)21(3)27-20(2)8-7-10-26(27)19-28/h11-18,20-21,26-27H,4-10H2,1-3H3. The summed E-state index contributed by atoms with van der Waals surface area (Å²) >= 11 is 0. The molecule has 0 heterocycles. The van der Waals surface area contributed by atoms with Crippen LogP contribution in [0.5, 0.6) is 0 Å². The number of hydrogen-bond donors (Lipinski definition) is 0. The van der Waals surface area contributed by atoms with E-state index in [1.165, 1.54) is 60.8 Å². The Hall–Kier alpha value is -2.07. The lowest BCUT2D eigenvalue weighted by molar-refractivity contribution is 0.176. The van der Waals surface area contributed by atoms with Crippen molar-refractivity contribution >= 4 is 0 Å². The van der Waals surface area contributed by atoms with Gasteiger partial charge in [-0.3, -0.25) is 0 Å². The first-order valence-electron chi connectivity index (χ1n) is 11.2. The SMILES string of the molecule is CCCCCc1ccc(-c2ccc(C(C)C3C(C)CCCC3C#N)cc2)cc1. The van der Waals surface area contributed by atoms with Crippen LogP contribution in [0.25, 0.3) is 11.1 Å². The van der Waals surface area contributed by atoms with E-state index in [2.05, 4.69) is 75.4 Å². The summed E-state index contributed by atoms with van der Waals surface area (Å²) < 4.78 is 0. The van der Waals surface area contributed by atoms with Gasteiger partial charge in [-0.1, -0.05) is 95.0 Å². The smallest absolute Gasteiger partial charge is 0.0659 e. The number of nitriles is 1. The van der Waals surface area contributed by atoms with Gasteiger partial charge < -0.3 is 0 Å². The van der Waals surface area contributed by atoms with Gasteiger partial charge in [-0.2, -0.15) is 5.26 Å². The fourth-order valence-electron chi connectivity index (χ4n) is 5.08. The highest BCUT2D eigenvalue weighted by Crippen LogP contribution is 2.43. The maximum Gasteiger partial charge on any atom is 0.0659 e. The van der Waals surface area contributed by atoms with Crippen LogP contribution in [0, 0.1) is 29.1 Å². The molecular weight excluding hydrogens is 338 g/mol. The Bertz CT molecular complexity index is 765. The van der Waals surface area contributed by atoms with Crippen LogP contribution in [-0.2, 0) is 6.42 Å². The van der Waals surface area contributed by atoms with Crippen molar-refractivity contribution in [2.45, 2.75) is 71.6 Å². The number of unbranched alkanes of at least 4 members (excludes halogenated alkanes) is 2. The molecule has 3 rings (SSSR count). The van der Waals surface area contributed by atoms with E-state index in [0.717, 1.165) is 6.42 Å². The van der Waals surface area contributed by atoms with Gasteiger partial charge in [-0.05, 0) is 59.3 Å². The minimum absolute atomic E-state index is 0.207. The van der Waals surface area contributed by atoms with Gasteiger partial charge in [0.05, 0.1) is 6.07 Å². The van der Waals surface area contributed by atoms with Crippen LogP contribution < -0.4 is 0 Å². The molecule has 0 N–H and O–H groups in total. The summed E-state index contributed by atoms with van der Waals surface area (Å²) in [5, 5.41) is 9.61. The van der Waals surface area contributed by atoms with Crippen molar-refractivity contribution in [2.24, 2.45) is 17.8 Å². The van der Waals surface area contributed by atoms with Gasteiger partial charge in [0.2, 0.25) is 0 Å². The second-order valence-electron chi connectivity index (χ2n) is 8.79. The molecule has 148 valence electrons. The molecule has 0 radical (unpaired) electrons. The molecule has 2 aromatic rings. The van der Waals surface area contributed by atoms with Crippen molar-refractivity contribution in [1.82, 2.24) is 0 Å². The Kier molecular flexibility index (Phi) is 7.32. The van der Waals surface area contributed by atoms with E-state index in [4.69, 9.17) is 0 Å². The largest absolute Gasteiger partial charge is 0.198 e. The third-order valence-corrected chi connectivity index (χ3v) is 6.83. The molecule has 1 heteroatoms. The average Bonchev–Trinajstić information content (AvgIpc) is 2.74. The van der Waals surface area contributed by atoms with Crippen LogP contribution in [-0.4, -0.2) is 0 Å². The average molecular weight is 374 g/mol. The van der Waals surface area contributed by atoms with Crippen LogP contribution in [0.1, 0.15) is 76.3 Å². The van der Waals surface area contributed by atoms with Gasteiger partial charge in [0.25, 0.3) is 0 Å². The number of aryl methyl sites for hydroxylation is 1. The Morgan fingerprint density at radius 1 is 0.964 bits per heavy atom. The second kappa shape index (κ2) is 9.92. The Labute approximate surface area is 171 Å². The second-order valence-corrected chi connectivity index (χ2v) is 8.79. The maximum atomic E-state index is 9.61. The number of nitrogens with zero attached hydrogens (tertiary/aromatic N) is 1. The van der Waals surface area contributed by atoms with Crippen molar-refractivity contribution in [3.05, 3.63) is 59.7 Å². The van der Waals surface area contributed by atoms with Crippen LogP contribution >= 0.6 is 0 Å². The highest BCUT2D eigenvalue weighted by Gasteiger charge is 2.35. The van der Waals surface area contributed by atoms with E-state index in [0.29, 0.717) is 17.8 Å². The zero-order chi connectivity index (χ0) is 19.9. The fraction of sp³-hybridized carbons (Fsp3) is 0.519. The van der Waals surface area contributed by atoms with Gasteiger partial charge in [0.1, 0.15) is 0 Å². The molecule has 0 saturated heterocycles. The van der Waals surface area contributed by atoms with Crippen molar-refractivity contribution in [1.29, 1.82) is 5.26 Å². The molecule has 0 spiro atoms. The normalized spacial score (nSPS) is 23.1. The van der Waals surface area contributed by atoms with E-state index in [9.17, 15) is 5.26 Å². The first-order chi connectivity index (χ1) is 13.6. The molecule has 1 fully saturated rings. The van der Waals surface area contributed by atoms with E-state index < -0.39 is 0 Å². The van der Waals surface area contributed by atoms with E-state index in [1.807, 2.05) is 0 Å². The quantitative estimate of drug-likeness (QED) is 0.455. The van der Waals surface area contributed by atoms with Gasteiger partial charge in [-0.15, -0.1) is 0 Å². The summed E-state index contributed by atoms with van der Waals surface area (Å²) in [7, 11) is 0. The molecule has 28 heavy (non-hydrogen) atoms. The monoisotopic (exact) mass is 373 g/mol. The fourth-order valence-corrected chi connectivity index (χ4v) is 5.08. The summed E-state index contributed by atoms with van der Waals surface area (Å²) in [6.07, 6.45) is 8.59. The highest BCUT2D eigenvalue weighted by atomic mass is 14.4. The summed E-state index contributed by atoms with van der Waals surface area (Å²) in [4.78, 5) is 0. The van der Waals surface area contributed by atoms with Crippen LogP contribution in [0.15, 0.2) is 48.5 Å². The number of benzene rings is 2.